The Morgan fingerprint density at radius 1 is 1.42 bits per heavy atom. The van der Waals surface area contributed by atoms with Crippen LogP contribution in [0.5, 0.6) is 5.75 Å². The van der Waals surface area contributed by atoms with Gasteiger partial charge in [0.15, 0.2) is 0 Å². The molecule has 19 heavy (non-hydrogen) atoms. The molecule has 0 saturated carbocycles. The van der Waals surface area contributed by atoms with Crippen molar-refractivity contribution in [1.29, 1.82) is 0 Å². The van der Waals surface area contributed by atoms with Gasteiger partial charge in [-0.1, -0.05) is 28.1 Å². The van der Waals surface area contributed by atoms with Crippen LogP contribution in [0.2, 0.25) is 0 Å². The summed E-state index contributed by atoms with van der Waals surface area (Å²) in [5, 5.41) is 3.23. The normalized spacial score (nSPS) is 10.0. The summed E-state index contributed by atoms with van der Waals surface area (Å²) in [5.74, 6) is 0.748. The van der Waals surface area contributed by atoms with Crippen LogP contribution >= 0.6 is 28.1 Å². The fourth-order valence-electron chi connectivity index (χ4n) is 1.61. The highest BCUT2D eigenvalue weighted by molar-refractivity contribution is 9.10. The molecule has 1 aromatic heterocycles. The number of halogens is 1. The number of methoxy groups -OCH3 is 1. The van der Waals surface area contributed by atoms with Gasteiger partial charge in [0, 0.05) is 22.4 Å². The van der Waals surface area contributed by atoms with Crippen molar-refractivity contribution in [2.45, 2.75) is 0 Å². The van der Waals surface area contributed by atoms with Crippen molar-refractivity contribution >= 4 is 44.5 Å². The van der Waals surface area contributed by atoms with Crippen molar-refractivity contribution < 1.29 is 4.74 Å². The molecule has 1 heterocycles. The zero-order chi connectivity index (χ0) is 13.8. The lowest BCUT2D eigenvalue weighted by molar-refractivity contribution is 0.415. The van der Waals surface area contributed by atoms with E-state index in [4.69, 9.17) is 22.7 Å². The molecule has 0 saturated heterocycles. The maximum absolute atomic E-state index is 5.65. The number of ether oxygens (including phenoxy) is 1. The Kier molecular flexibility index (Phi) is 4.34. The summed E-state index contributed by atoms with van der Waals surface area (Å²) in [5.41, 5.74) is 7.83. The average molecular weight is 338 g/mol. The van der Waals surface area contributed by atoms with Gasteiger partial charge in [-0.25, -0.2) is 0 Å². The van der Waals surface area contributed by atoms with Crippen LogP contribution < -0.4 is 15.8 Å². The predicted octanol–water partition coefficient (Wildman–Crippen LogP) is 3.23. The van der Waals surface area contributed by atoms with Crippen molar-refractivity contribution in [2.24, 2.45) is 5.73 Å². The van der Waals surface area contributed by atoms with E-state index < -0.39 is 0 Å². The van der Waals surface area contributed by atoms with Gasteiger partial charge in [-0.2, -0.15) is 0 Å². The highest BCUT2D eigenvalue weighted by Gasteiger charge is 2.07. The maximum Gasteiger partial charge on any atom is 0.124 e. The third-order valence-electron chi connectivity index (χ3n) is 2.43. The minimum absolute atomic E-state index is 0.255. The Morgan fingerprint density at radius 2 is 2.21 bits per heavy atom. The van der Waals surface area contributed by atoms with Gasteiger partial charge in [0.05, 0.1) is 12.8 Å². The molecule has 2 rings (SSSR count). The summed E-state index contributed by atoms with van der Waals surface area (Å²) < 4.78 is 6.13. The van der Waals surface area contributed by atoms with Gasteiger partial charge in [0.1, 0.15) is 16.4 Å². The van der Waals surface area contributed by atoms with Crippen LogP contribution in [0.4, 0.5) is 11.4 Å². The molecule has 6 heteroatoms. The number of nitrogens with two attached hydrogens (primary N) is 1. The Morgan fingerprint density at radius 3 is 2.89 bits per heavy atom. The third-order valence-corrected chi connectivity index (χ3v) is 3.08. The van der Waals surface area contributed by atoms with Gasteiger partial charge in [-0.05, 0) is 24.3 Å². The van der Waals surface area contributed by atoms with E-state index in [2.05, 4.69) is 26.2 Å². The first-order valence-corrected chi connectivity index (χ1v) is 6.66. The van der Waals surface area contributed by atoms with E-state index in [0.29, 0.717) is 5.69 Å². The second-order valence-electron chi connectivity index (χ2n) is 3.77. The number of pyridine rings is 1. The van der Waals surface area contributed by atoms with E-state index in [1.54, 1.807) is 13.3 Å². The molecule has 0 unspecified atom stereocenters. The SMILES string of the molecule is COc1cc(Br)cc(Nc2cccnc2C(N)=S)c1. The summed E-state index contributed by atoms with van der Waals surface area (Å²) >= 11 is 8.41. The molecular formula is C13H12BrN3OS. The molecule has 0 radical (unpaired) electrons. The van der Waals surface area contributed by atoms with E-state index in [-0.39, 0.29) is 4.99 Å². The van der Waals surface area contributed by atoms with Crippen LogP contribution in [0, 0.1) is 0 Å². The van der Waals surface area contributed by atoms with Crippen molar-refractivity contribution in [3.8, 4) is 5.75 Å². The van der Waals surface area contributed by atoms with Gasteiger partial charge < -0.3 is 15.8 Å². The molecule has 0 atom stereocenters. The lowest BCUT2D eigenvalue weighted by Gasteiger charge is -2.11. The minimum atomic E-state index is 0.255. The Balaban J connectivity index is 2.36. The van der Waals surface area contributed by atoms with Crippen molar-refractivity contribution in [1.82, 2.24) is 4.98 Å². The number of aromatic nitrogens is 1. The Bertz CT molecular complexity index is 619. The van der Waals surface area contributed by atoms with E-state index in [1.807, 2.05) is 30.3 Å². The monoisotopic (exact) mass is 337 g/mol. The second kappa shape index (κ2) is 5.99. The first-order chi connectivity index (χ1) is 9.10. The average Bonchev–Trinajstić information content (AvgIpc) is 2.38. The van der Waals surface area contributed by atoms with Gasteiger partial charge in [0.25, 0.3) is 0 Å². The summed E-state index contributed by atoms with van der Waals surface area (Å²) in [6, 6.07) is 9.37. The smallest absolute Gasteiger partial charge is 0.124 e. The highest BCUT2D eigenvalue weighted by Crippen LogP contribution is 2.27. The molecule has 0 aliphatic carbocycles. The number of benzene rings is 1. The number of hydrogen-bond donors (Lipinski definition) is 2. The molecule has 3 N–H and O–H groups in total. The summed E-state index contributed by atoms with van der Waals surface area (Å²) in [4.78, 5) is 4.42. The molecule has 1 aromatic carbocycles. The fraction of sp³-hybridized carbons (Fsp3) is 0.0769. The summed E-state index contributed by atoms with van der Waals surface area (Å²) in [7, 11) is 1.62. The molecule has 0 amide bonds. The van der Waals surface area contributed by atoms with Crippen LogP contribution in [0.15, 0.2) is 41.0 Å². The number of rotatable bonds is 4. The number of nitrogens with zero attached hydrogens (tertiary/aromatic N) is 1. The molecule has 0 aliphatic rings. The van der Waals surface area contributed by atoms with Crippen LogP contribution in [-0.2, 0) is 0 Å². The topological polar surface area (TPSA) is 60.2 Å². The standard InChI is InChI=1S/C13H12BrN3OS/c1-18-10-6-8(14)5-9(7-10)17-11-3-2-4-16-12(11)13(15)19/h2-7,17H,1H3,(H2,15,19). The lowest BCUT2D eigenvalue weighted by atomic mass is 10.2. The van der Waals surface area contributed by atoms with E-state index >= 15 is 0 Å². The first-order valence-electron chi connectivity index (χ1n) is 5.46. The number of anilines is 2. The van der Waals surface area contributed by atoms with Crippen molar-refractivity contribution in [3.63, 3.8) is 0 Å². The van der Waals surface area contributed by atoms with Gasteiger partial charge in [0.2, 0.25) is 0 Å². The molecule has 0 spiro atoms. The largest absolute Gasteiger partial charge is 0.497 e. The quantitative estimate of drug-likeness (QED) is 0.838. The van der Waals surface area contributed by atoms with Crippen LogP contribution in [0.1, 0.15) is 5.69 Å². The van der Waals surface area contributed by atoms with Gasteiger partial charge in [-0.3, -0.25) is 4.98 Å². The zero-order valence-corrected chi connectivity index (χ0v) is 12.6. The van der Waals surface area contributed by atoms with Crippen LogP contribution in [0.3, 0.4) is 0 Å². The van der Waals surface area contributed by atoms with E-state index in [9.17, 15) is 0 Å². The summed E-state index contributed by atoms with van der Waals surface area (Å²) in [6.07, 6.45) is 1.65. The van der Waals surface area contributed by atoms with Crippen molar-refractivity contribution in [2.75, 3.05) is 12.4 Å². The third kappa shape index (κ3) is 3.42. The molecule has 98 valence electrons. The molecule has 2 aromatic rings. The highest BCUT2D eigenvalue weighted by atomic mass is 79.9. The number of nitrogens with one attached hydrogen (secondary N) is 1. The van der Waals surface area contributed by atoms with Crippen molar-refractivity contribution in [3.05, 3.63) is 46.7 Å². The van der Waals surface area contributed by atoms with Crippen LogP contribution in [-0.4, -0.2) is 17.1 Å². The first kappa shape index (κ1) is 13.8. The van der Waals surface area contributed by atoms with Crippen LogP contribution in [0.25, 0.3) is 0 Å². The second-order valence-corrected chi connectivity index (χ2v) is 5.12. The lowest BCUT2D eigenvalue weighted by Crippen LogP contribution is -2.13. The van der Waals surface area contributed by atoms with Gasteiger partial charge in [-0.15, -0.1) is 0 Å². The van der Waals surface area contributed by atoms with E-state index in [0.717, 1.165) is 21.6 Å². The fourth-order valence-corrected chi connectivity index (χ4v) is 2.25. The molecule has 4 nitrogen and oxygen atoms in total. The summed E-state index contributed by atoms with van der Waals surface area (Å²) in [6.45, 7) is 0. The number of thiocarbonyl (C=S) groups is 1. The zero-order valence-electron chi connectivity index (χ0n) is 10.2. The Labute approximate surface area is 125 Å². The molecule has 0 bridgehead atoms. The molecule has 0 fully saturated rings. The predicted molar refractivity (Wildman–Crippen MR) is 84.1 cm³/mol. The van der Waals surface area contributed by atoms with Gasteiger partial charge >= 0.3 is 0 Å². The number of hydrogen-bond acceptors (Lipinski definition) is 4. The minimum Gasteiger partial charge on any atom is -0.497 e. The molecular weight excluding hydrogens is 326 g/mol. The van der Waals surface area contributed by atoms with E-state index in [1.165, 1.54) is 0 Å². The maximum atomic E-state index is 5.65. The Hall–Kier alpha value is -1.66. The molecule has 0 aliphatic heterocycles.